The third kappa shape index (κ3) is 2.66. The summed E-state index contributed by atoms with van der Waals surface area (Å²) in [6, 6.07) is 3.59. The molecule has 0 aromatic carbocycles. The standard InChI is InChI=1S/C17H26N2O/c1-2-16(15-8-11-20-17(15)3-1)19-9-6-14(7-10-19)18-12-13-4-5-13/h8,11,13-14,16,18H,1-7,9-10,12H2. The molecule has 1 saturated heterocycles. The van der Waals surface area contributed by atoms with Gasteiger partial charge in [-0.25, -0.2) is 0 Å². The summed E-state index contributed by atoms with van der Waals surface area (Å²) in [6.07, 6.45) is 11.2. The van der Waals surface area contributed by atoms with E-state index in [1.807, 2.05) is 6.26 Å². The van der Waals surface area contributed by atoms with Crippen LogP contribution in [-0.4, -0.2) is 30.6 Å². The van der Waals surface area contributed by atoms with Gasteiger partial charge in [-0.2, -0.15) is 0 Å². The lowest BCUT2D eigenvalue weighted by Gasteiger charge is -2.39. The zero-order valence-corrected chi connectivity index (χ0v) is 12.3. The molecule has 1 N–H and O–H groups in total. The molecule has 2 fully saturated rings. The number of hydrogen-bond donors (Lipinski definition) is 1. The first-order valence-electron chi connectivity index (χ1n) is 8.44. The van der Waals surface area contributed by atoms with E-state index in [0.717, 1.165) is 18.4 Å². The van der Waals surface area contributed by atoms with Gasteiger partial charge in [-0.05, 0) is 57.1 Å². The normalized spacial score (nSPS) is 28.5. The maximum Gasteiger partial charge on any atom is 0.108 e. The van der Waals surface area contributed by atoms with E-state index in [1.54, 1.807) is 0 Å². The first kappa shape index (κ1) is 12.9. The van der Waals surface area contributed by atoms with Gasteiger partial charge in [0.2, 0.25) is 0 Å². The molecule has 0 amide bonds. The van der Waals surface area contributed by atoms with Crippen LogP contribution in [0.25, 0.3) is 0 Å². The molecule has 3 heteroatoms. The van der Waals surface area contributed by atoms with Gasteiger partial charge in [0, 0.05) is 37.2 Å². The lowest BCUT2D eigenvalue weighted by atomic mass is 9.90. The minimum atomic E-state index is 0.627. The van der Waals surface area contributed by atoms with Crippen molar-refractivity contribution < 1.29 is 4.42 Å². The van der Waals surface area contributed by atoms with Gasteiger partial charge in [-0.3, -0.25) is 4.90 Å². The van der Waals surface area contributed by atoms with Crippen LogP contribution in [0, 0.1) is 5.92 Å². The van der Waals surface area contributed by atoms with Crippen LogP contribution >= 0.6 is 0 Å². The van der Waals surface area contributed by atoms with Gasteiger partial charge < -0.3 is 9.73 Å². The molecular weight excluding hydrogens is 248 g/mol. The summed E-state index contributed by atoms with van der Waals surface area (Å²) in [7, 11) is 0. The molecule has 0 bridgehead atoms. The second kappa shape index (κ2) is 5.53. The third-order valence-electron chi connectivity index (χ3n) is 5.38. The Labute approximate surface area is 121 Å². The summed E-state index contributed by atoms with van der Waals surface area (Å²) < 4.78 is 5.63. The van der Waals surface area contributed by atoms with E-state index < -0.39 is 0 Å². The predicted molar refractivity (Wildman–Crippen MR) is 79.7 cm³/mol. The lowest BCUT2D eigenvalue weighted by Crippen LogP contribution is -2.44. The van der Waals surface area contributed by atoms with E-state index >= 15 is 0 Å². The van der Waals surface area contributed by atoms with E-state index in [9.17, 15) is 0 Å². The Balaban J connectivity index is 1.33. The number of rotatable bonds is 4. The van der Waals surface area contributed by atoms with Crippen molar-refractivity contribution in [2.24, 2.45) is 5.92 Å². The molecule has 3 nitrogen and oxygen atoms in total. The molecule has 3 aliphatic rings. The first-order valence-corrected chi connectivity index (χ1v) is 8.44. The maximum atomic E-state index is 5.63. The van der Waals surface area contributed by atoms with Gasteiger partial charge in [-0.15, -0.1) is 0 Å². The monoisotopic (exact) mass is 274 g/mol. The molecule has 1 aromatic rings. The number of piperidine rings is 1. The highest BCUT2D eigenvalue weighted by Gasteiger charge is 2.31. The fraction of sp³-hybridized carbons (Fsp3) is 0.765. The highest BCUT2D eigenvalue weighted by atomic mass is 16.3. The zero-order chi connectivity index (χ0) is 13.4. The summed E-state index contributed by atoms with van der Waals surface area (Å²) in [4.78, 5) is 2.70. The van der Waals surface area contributed by atoms with Crippen LogP contribution in [0.1, 0.15) is 55.9 Å². The van der Waals surface area contributed by atoms with E-state index in [2.05, 4.69) is 16.3 Å². The van der Waals surface area contributed by atoms with Crippen LogP contribution in [0.15, 0.2) is 16.7 Å². The van der Waals surface area contributed by atoms with Crippen molar-refractivity contribution >= 4 is 0 Å². The smallest absolute Gasteiger partial charge is 0.108 e. The van der Waals surface area contributed by atoms with E-state index in [-0.39, 0.29) is 0 Å². The van der Waals surface area contributed by atoms with Gasteiger partial charge in [0.1, 0.15) is 5.76 Å². The van der Waals surface area contributed by atoms with Crippen molar-refractivity contribution in [2.45, 2.75) is 57.0 Å². The van der Waals surface area contributed by atoms with E-state index in [4.69, 9.17) is 4.42 Å². The van der Waals surface area contributed by atoms with Gasteiger partial charge in [-0.1, -0.05) is 0 Å². The number of nitrogens with zero attached hydrogens (tertiary/aromatic N) is 1. The maximum absolute atomic E-state index is 5.63. The summed E-state index contributed by atoms with van der Waals surface area (Å²) in [5.41, 5.74) is 1.47. The van der Waals surface area contributed by atoms with Crippen LogP contribution in [0.5, 0.6) is 0 Å². The quantitative estimate of drug-likeness (QED) is 0.914. The number of nitrogens with one attached hydrogen (secondary N) is 1. The summed E-state index contributed by atoms with van der Waals surface area (Å²) >= 11 is 0. The SMILES string of the molecule is c1cc2c(o1)CCCC2N1CCC(NCC2CC2)CC1. The van der Waals surface area contributed by atoms with E-state index in [0.29, 0.717) is 6.04 Å². The Kier molecular flexibility index (Phi) is 3.57. The van der Waals surface area contributed by atoms with Crippen LogP contribution in [0.4, 0.5) is 0 Å². The highest BCUT2D eigenvalue weighted by Crippen LogP contribution is 2.36. The van der Waals surface area contributed by atoms with Crippen molar-refractivity contribution in [2.75, 3.05) is 19.6 Å². The summed E-state index contributed by atoms with van der Waals surface area (Å²) in [5, 5.41) is 3.78. The Bertz CT molecular complexity index is 444. The van der Waals surface area contributed by atoms with Crippen molar-refractivity contribution in [1.82, 2.24) is 10.2 Å². The van der Waals surface area contributed by atoms with Crippen LogP contribution in [0.2, 0.25) is 0 Å². The van der Waals surface area contributed by atoms with Gasteiger partial charge in [0.15, 0.2) is 0 Å². The molecule has 0 radical (unpaired) electrons. The molecule has 2 aliphatic carbocycles. The highest BCUT2D eigenvalue weighted by molar-refractivity contribution is 5.24. The van der Waals surface area contributed by atoms with Crippen molar-refractivity contribution in [3.63, 3.8) is 0 Å². The second-order valence-electron chi connectivity index (χ2n) is 6.87. The number of fused-ring (bicyclic) bond motifs is 1. The molecule has 4 rings (SSSR count). The van der Waals surface area contributed by atoms with Gasteiger partial charge in [0.25, 0.3) is 0 Å². The van der Waals surface area contributed by atoms with Crippen LogP contribution in [0.3, 0.4) is 0 Å². The van der Waals surface area contributed by atoms with Crippen molar-refractivity contribution in [3.8, 4) is 0 Å². The number of hydrogen-bond acceptors (Lipinski definition) is 3. The molecule has 1 unspecified atom stereocenters. The number of furan rings is 1. The van der Waals surface area contributed by atoms with E-state index in [1.165, 1.54) is 69.5 Å². The molecule has 1 aliphatic heterocycles. The van der Waals surface area contributed by atoms with Crippen molar-refractivity contribution in [3.05, 3.63) is 23.7 Å². The Morgan fingerprint density at radius 3 is 2.80 bits per heavy atom. The molecule has 2 heterocycles. The molecule has 1 saturated carbocycles. The van der Waals surface area contributed by atoms with Gasteiger partial charge in [0.05, 0.1) is 6.26 Å². The molecular formula is C17H26N2O. The van der Waals surface area contributed by atoms with Crippen molar-refractivity contribution in [1.29, 1.82) is 0 Å². The molecule has 110 valence electrons. The fourth-order valence-electron chi connectivity index (χ4n) is 3.91. The third-order valence-corrected chi connectivity index (χ3v) is 5.38. The Hall–Kier alpha value is -0.800. The largest absolute Gasteiger partial charge is 0.469 e. The average Bonchev–Trinajstić information content (AvgIpc) is 3.20. The molecule has 1 atom stereocenters. The first-order chi connectivity index (χ1) is 9.90. The van der Waals surface area contributed by atoms with Gasteiger partial charge >= 0.3 is 0 Å². The predicted octanol–water partition coefficient (Wildman–Crippen LogP) is 3.12. The molecule has 20 heavy (non-hydrogen) atoms. The summed E-state index contributed by atoms with van der Waals surface area (Å²) in [6.45, 7) is 3.76. The second-order valence-corrected chi connectivity index (χ2v) is 6.87. The Morgan fingerprint density at radius 2 is 2.00 bits per heavy atom. The molecule has 0 spiro atoms. The zero-order valence-electron chi connectivity index (χ0n) is 12.3. The average molecular weight is 274 g/mol. The summed E-state index contributed by atoms with van der Waals surface area (Å²) in [5.74, 6) is 2.25. The number of likely N-dealkylation sites (tertiary alicyclic amines) is 1. The fourth-order valence-corrected chi connectivity index (χ4v) is 3.91. The minimum Gasteiger partial charge on any atom is -0.469 e. The number of aryl methyl sites for hydroxylation is 1. The topological polar surface area (TPSA) is 28.4 Å². The van der Waals surface area contributed by atoms with Crippen LogP contribution < -0.4 is 5.32 Å². The minimum absolute atomic E-state index is 0.627. The Morgan fingerprint density at radius 1 is 1.15 bits per heavy atom. The molecule has 1 aromatic heterocycles. The lowest BCUT2D eigenvalue weighted by molar-refractivity contribution is 0.128. The van der Waals surface area contributed by atoms with Crippen LogP contribution in [-0.2, 0) is 6.42 Å².